The smallest absolute Gasteiger partial charge is 0.407 e. The zero-order valence-electron chi connectivity index (χ0n) is 15.1. The fourth-order valence-corrected chi connectivity index (χ4v) is 2.81. The van der Waals surface area contributed by atoms with E-state index < -0.39 is 0 Å². The van der Waals surface area contributed by atoms with E-state index in [4.69, 9.17) is 16.3 Å². The molecule has 25 heavy (non-hydrogen) atoms. The molecule has 1 unspecified atom stereocenters. The lowest BCUT2D eigenvalue weighted by Crippen LogP contribution is -2.48. The summed E-state index contributed by atoms with van der Waals surface area (Å²) in [6.07, 6.45) is 1.92. The van der Waals surface area contributed by atoms with E-state index in [9.17, 15) is 4.79 Å². The summed E-state index contributed by atoms with van der Waals surface area (Å²) in [5.41, 5.74) is 1.15. The fourth-order valence-electron chi connectivity index (χ4n) is 2.68. The molecule has 1 aromatic carbocycles. The molecule has 1 aliphatic rings. The van der Waals surface area contributed by atoms with E-state index in [0.29, 0.717) is 19.1 Å². The molecule has 7 heteroatoms. The van der Waals surface area contributed by atoms with Gasteiger partial charge in [0.1, 0.15) is 0 Å². The Labute approximate surface area is 154 Å². The molecule has 6 nitrogen and oxygen atoms in total. The highest BCUT2D eigenvalue weighted by atomic mass is 35.5. The van der Waals surface area contributed by atoms with Crippen LogP contribution in [0.3, 0.4) is 0 Å². The number of amides is 1. The predicted molar refractivity (Wildman–Crippen MR) is 101 cm³/mol. The minimum Gasteiger partial charge on any atom is -0.450 e. The standard InChI is InChI=1S/C18H27ClN4O2/c1-4-25-18(24)22-16(14-7-8-14)11-21-17(20-2)23(3)12-13-5-9-15(19)10-6-13/h5-6,9-10,14,16H,4,7-8,11-12H2,1-3H3,(H,20,21)(H,22,24). The molecule has 1 saturated carbocycles. The summed E-state index contributed by atoms with van der Waals surface area (Å²) in [6.45, 7) is 3.52. The maximum absolute atomic E-state index is 11.7. The molecule has 0 saturated heterocycles. The number of nitrogens with zero attached hydrogens (tertiary/aromatic N) is 2. The van der Waals surface area contributed by atoms with Gasteiger partial charge in [-0.3, -0.25) is 4.99 Å². The monoisotopic (exact) mass is 366 g/mol. The third-order valence-electron chi connectivity index (χ3n) is 4.16. The van der Waals surface area contributed by atoms with Gasteiger partial charge in [0.05, 0.1) is 12.6 Å². The molecule has 0 heterocycles. The van der Waals surface area contributed by atoms with Gasteiger partial charge in [-0.25, -0.2) is 4.79 Å². The molecule has 1 amide bonds. The minimum atomic E-state index is -0.356. The summed E-state index contributed by atoms with van der Waals surface area (Å²) in [4.78, 5) is 18.1. The largest absolute Gasteiger partial charge is 0.450 e. The third kappa shape index (κ3) is 6.46. The minimum absolute atomic E-state index is 0.0553. The van der Waals surface area contributed by atoms with Gasteiger partial charge < -0.3 is 20.3 Å². The summed E-state index contributed by atoms with van der Waals surface area (Å²) >= 11 is 5.93. The number of nitrogens with one attached hydrogen (secondary N) is 2. The fraction of sp³-hybridized carbons (Fsp3) is 0.556. The van der Waals surface area contributed by atoms with E-state index in [1.165, 1.54) is 0 Å². The lowest BCUT2D eigenvalue weighted by molar-refractivity contribution is 0.146. The molecule has 1 aromatic rings. The molecular formula is C18H27ClN4O2. The Morgan fingerprint density at radius 1 is 1.40 bits per heavy atom. The Hall–Kier alpha value is -1.95. The van der Waals surface area contributed by atoms with Gasteiger partial charge in [-0.05, 0) is 43.4 Å². The maximum atomic E-state index is 11.7. The normalized spacial score (nSPS) is 15.4. The second-order valence-electron chi connectivity index (χ2n) is 6.22. The number of carbonyl (C=O) groups excluding carboxylic acids is 1. The second kappa shape index (κ2) is 9.51. The SMILES string of the molecule is CCOC(=O)NC(CNC(=NC)N(C)Cc1ccc(Cl)cc1)C1CC1. The Balaban J connectivity index is 1.86. The molecule has 2 rings (SSSR count). The highest BCUT2D eigenvalue weighted by Gasteiger charge is 2.32. The first-order valence-corrected chi connectivity index (χ1v) is 9.00. The van der Waals surface area contributed by atoms with Crippen LogP contribution in [0.4, 0.5) is 4.79 Å². The quantitative estimate of drug-likeness (QED) is 0.575. The summed E-state index contributed by atoms with van der Waals surface area (Å²) in [7, 11) is 3.74. The van der Waals surface area contributed by atoms with Crippen molar-refractivity contribution in [2.45, 2.75) is 32.4 Å². The Kier molecular flexibility index (Phi) is 7.37. The van der Waals surface area contributed by atoms with E-state index in [2.05, 4.69) is 15.6 Å². The Morgan fingerprint density at radius 3 is 2.64 bits per heavy atom. The molecule has 0 aliphatic heterocycles. The molecule has 0 aromatic heterocycles. The first-order chi connectivity index (χ1) is 12.0. The number of alkyl carbamates (subject to hydrolysis) is 1. The van der Waals surface area contributed by atoms with Crippen molar-refractivity contribution in [1.82, 2.24) is 15.5 Å². The third-order valence-corrected chi connectivity index (χ3v) is 4.41. The maximum Gasteiger partial charge on any atom is 0.407 e. The molecule has 0 radical (unpaired) electrons. The highest BCUT2D eigenvalue weighted by molar-refractivity contribution is 6.30. The number of halogens is 1. The van der Waals surface area contributed by atoms with Crippen LogP contribution in [0.1, 0.15) is 25.3 Å². The number of benzene rings is 1. The Bertz CT molecular complexity index is 587. The van der Waals surface area contributed by atoms with Gasteiger partial charge in [0.25, 0.3) is 0 Å². The lowest BCUT2D eigenvalue weighted by atomic mass is 10.2. The van der Waals surface area contributed by atoms with Crippen molar-refractivity contribution < 1.29 is 9.53 Å². The van der Waals surface area contributed by atoms with Gasteiger partial charge in [0, 0.05) is 32.2 Å². The lowest BCUT2D eigenvalue weighted by Gasteiger charge is -2.25. The molecular weight excluding hydrogens is 340 g/mol. The molecule has 1 aliphatic carbocycles. The van der Waals surface area contributed by atoms with Crippen LogP contribution in [-0.4, -0.2) is 50.2 Å². The van der Waals surface area contributed by atoms with Crippen molar-refractivity contribution in [3.63, 3.8) is 0 Å². The van der Waals surface area contributed by atoms with Crippen LogP contribution >= 0.6 is 11.6 Å². The molecule has 1 fully saturated rings. The molecule has 0 bridgehead atoms. The van der Waals surface area contributed by atoms with E-state index in [1.807, 2.05) is 36.2 Å². The van der Waals surface area contributed by atoms with Crippen molar-refractivity contribution in [2.24, 2.45) is 10.9 Å². The van der Waals surface area contributed by atoms with Crippen LogP contribution in [-0.2, 0) is 11.3 Å². The number of aliphatic imine (C=N–C) groups is 1. The summed E-state index contributed by atoms with van der Waals surface area (Å²) in [6, 6.07) is 7.82. The van der Waals surface area contributed by atoms with E-state index in [0.717, 1.165) is 35.9 Å². The van der Waals surface area contributed by atoms with Gasteiger partial charge in [0.15, 0.2) is 5.96 Å². The van der Waals surface area contributed by atoms with Gasteiger partial charge in [-0.2, -0.15) is 0 Å². The van der Waals surface area contributed by atoms with Crippen molar-refractivity contribution in [3.8, 4) is 0 Å². The predicted octanol–water partition coefficient (Wildman–Crippen LogP) is 2.87. The average Bonchev–Trinajstić information content (AvgIpc) is 3.41. The first kappa shape index (κ1) is 19.4. The van der Waals surface area contributed by atoms with Crippen LogP contribution in [0.5, 0.6) is 0 Å². The zero-order valence-corrected chi connectivity index (χ0v) is 15.8. The van der Waals surface area contributed by atoms with E-state index in [-0.39, 0.29) is 12.1 Å². The van der Waals surface area contributed by atoms with Crippen LogP contribution in [0.2, 0.25) is 5.02 Å². The highest BCUT2D eigenvalue weighted by Crippen LogP contribution is 2.32. The number of carbonyl (C=O) groups is 1. The summed E-state index contributed by atoms with van der Waals surface area (Å²) < 4.78 is 4.99. The summed E-state index contributed by atoms with van der Waals surface area (Å²) in [5, 5.41) is 7.02. The van der Waals surface area contributed by atoms with Gasteiger partial charge >= 0.3 is 6.09 Å². The number of guanidine groups is 1. The zero-order chi connectivity index (χ0) is 18.2. The molecule has 138 valence electrons. The topological polar surface area (TPSA) is 66.0 Å². The van der Waals surface area contributed by atoms with Gasteiger partial charge in [-0.1, -0.05) is 23.7 Å². The van der Waals surface area contributed by atoms with Crippen molar-refractivity contribution in [2.75, 3.05) is 27.2 Å². The number of hydrogen-bond donors (Lipinski definition) is 2. The van der Waals surface area contributed by atoms with Crippen LogP contribution in [0.25, 0.3) is 0 Å². The van der Waals surface area contributed by atoms with Crippen molar-refractivity contribution in [1.29, 1.82) is 0 Å². The van der Waals surface area contributed by atoms with E-state index in [1.54, 1.807) is 14.0 Å². The van der Waals surface area contributed by atoms with E-state index >= 15 is 0 Å². The number of ether oxygens (including phenoxy) is 1. The van der Waals surface area contributed by atoms with Crippen molar-refractivity contribution >= 4 is 23.7 Å². The summed E-state index contributed by atoms with van der Waals surface area (Å²) in [5.74, 6) is 1.29. The number of hydrogen-bond acceptors (Lipinski definition) is 3. The molecule has 0 spiro atoms. The van der Waals surface area contributed by atoms with Crippen LogP contribution in [0, 0.1) is 5.92 Å². The van der Waals surface area contributed by atoms with Gasteiger partial charge in [0.2, 0.25) is 0 Å². The molecule has 2 N–H and O–H groups in total. The van der Waals surface area contributed by atoms with Crippen molar-refractivity contribution in [3.05, 3.63) is 34.9 Å². The van der Waals surface area contributed by atoms with Gasteiger partial charge in [-0.15, -0.1) is 0 Å². The second-order valence-corrected chi connectivity index (χ2v) is 6.66. The van der Waals surface area contributed by atoms with Crippen LogP contribution < -0.4 is 10.6 Å². The first-order valence-electron chi connectivity index (χ1n) is 8.63. The average molecular weight is 367 g/mol. The van der Waals surface area contributed by atoms with Crippen LogP contribution in [0.15, 0.2) is 29.3 Å². The molecule has 1 atom stereocenters. The number of rotatable bonds is 7. The Morgan fingerprint density at radius 2 is 2.08 bits per heavy atom.